The molecule has 2 heterocycles. The predicted molar refractivity (Wildman–Crippen MR) is 136 cm³/mol. The fraction of sp³-hybridized carbons (Fsp3) is 0.0370. The van der Waals surface area contributed by atoms with Gasteiger partial charge in [0.1, 0.15) is 11.6 Å². The molecule has 0 unspecified atom stereocenters. The van der Waals surface area contributed by atoms with Gasteiger partial charge < -0.3 is 9.88 Å². The van der Waals surface area contributed by atoms with Crippen LogP contribution in [0.4, 0.5) is 8.78 Å². The topological polar surface area (TPSA) is 46.9 Å². The van der Waals surface area contributed by atoms with E-state index in [2.05, 4.69) is 10.3 Å². The van der Waals surface area contributed by atoms with Crippen LogP contribution in [0.2, 0.25) is 10.0 Å². The molecule has 0 aliphatic carbocycles. The van der Waals surface area contributed by atoms with Crippen LogP contribution in [0.3, 0.4) is 0 Å². The summed E-state index contributed by atoms with van der Waals surface area (Å²) in [6, 6.07) is 17.9. The number of amides is 1. The molecule has 35 heavy (non-hydrogen) atoms. The van der Waals surface area contributed by atoms with E-state index >= 15 is 0 Å². The molecular weight excluding hydrogens is 491 g/mol. The van der Waals surface area contributed by atoms with Crippen molar-refractivity contribution in [1.82, 2.24) is 14.9 Å². The normalized spacial score (nSPS) is 11.5. The van der Waals surface area contributed by atoms with Crippen molar-refractivity contribution in [3.8, 4) is 5.69 Å². The van der Waals surface area contributed by atoms with E-state index in [-0.39, 0.29) is 12.5 Å². The third kappa shape index (κ3) is 4.76. The Morgan fingerprint density at radius 3 is 2.46 bits per heavy atom. The van der Waals surface area contributed by atoms with Crippen LogP contribution in [-0.2, 0) is 11.3 Å². The molecule has 5 rings (SSSR count). The van der Waals surface area contributed by atoms with Crippen LogP contribution in [0.25, 0.3) is 33.6 Å². The number of para-hydroxylation sites is 1. The molecule has 3 aromatic carbocycles. The average Bonchev–Trinajstić information content (AvgIpc) is 3.16. The van der Waals surface area contributed by atoms with E-state index in [0.717, 1.165) is 27.9 Å². The second-order valence-corrected chi connectivity index (χ2v) is 8.71. The van der Waals surface area contributed by atoms with E-state index < -0.39 is 11.6 Å². The van der Waals surface area contributed by atoms with Gasteiger partial charge in [-0.25, -0.2) is 8.78 Å². The van der Waals surface area contributed by atoms with E-state index in [0.29, 0.717) is 26.9 Å². The minimum absolute atomic E-state index is 0.203. The Kier molecular flexibility index (Phi) is 6.24. The largest absolute Gasteiger partial charge is 0.347 e. The van der Waals surface area contributed by atoms with E-state index in [4.69, 9.17) is 23.2 Å². The zero-order chi connectivity index (χ0) is 24.5. The van der Waals surface area contributed by atoms with Gasteiger partial charge in [0.25, 0.3) is 0 Å². The summed E-state index contributed by atoms with van der Waals surface area (Å²) in [5.41, 5.74) is 3.24. The molecule has 8 heteroatoms. The summed E-state index contributed by atoms with van der Waals surface area (Å²) in [4.78, 5) is 16.8. The Bertz CT molecular complexity index is 1610. The van der Waals surface area contributed by atoms with Gasteiger partial charge in [0, 0.05) is 22.9 Å². The second kappa shape index (κ2) is 9.49. The molecule has 0 spiro atoms. The summed E-state index contributed by atoms with van der Waals surface area (Å²) < 4.78 is 29.7. The van der Waals surface area contributed by atoms with Crippen molar-refractivity contribution >= 4 is 57.0 Å². The molecule has 0 aliphatic heterocycles. The number of rotatable bonds is 5. The van der Waals surface area contributed by atoms with Crippen LogP contribution in [0, 0.1) is 11.6 Å². The van der Waals surface area contributed by atoms with Crippen molar-refractivity contribution in [1.29, 1.82) is 0 Å². The summed E-state index contributed by atoms with van der Waals surface area (Å²) >= 11 is 11.9. The van der Waals surface area contributed by atoms with E-state index in [9.17, 15) is 13.6 Å². The van der Waals surface area contributed by atoms with Crippen LogP contribution in [0.5, 0.6) is 0 Å². The van der Waals surface area contributed by atoms with Gasteiger partial charge in [-0.15, -0.1) is 0 Å². The number of halogens is 4. The number of hydrogen-bond acceptors (Lipinski definition) is 2. The molecule has 4 nitrogen and oxygen atoms in total. The minimum Gasteiger partial charge on any atom is -0.347 e. The van der Waals surface area contributed by atoms with Crippen molar-refractivity contribution in [3.05, 3.63) is 112 Å². The van der Waals surface area contributed by atoms with Gasteiger partial charge in [0.15, 0.2) is 0 Å². The average molecular weight is 508 g/mol. The number of nitrogens with zero attached hydrogens (tertiary/aromatic N) is 2. The van der Waals surface area contributed by atoms with Crippen LogP contribution in [0.15, 0.2) is 79.0 Å². The number of nitrogens with one attached hydrogen (secondary N) is 1. The van der Waals surface area contributed by atoms with Crippen molar-refractivity contribution in [3.63, 3.8) is 0 Å². The fourth-order valence-corrected chi connectivity index (χ4v) is 4.29. The zero-order valence-electron chi connectivity index (χ0n) is 18.1. The molecule has 0 radical (unpaired) electrons. The maximum Gasteiger partial charge on any atom is 0.244 e. The lowest BCUT2D eigenvalue weighted by molar-refractivity contribution is -0.116. The Labute approximate surface area is 209 Å². The van der Waals surface area contributed by atoms with Crippen LogP contribution in [0.1, 0.15) is 11.3 Å². The van der Waals surface area contributed by atoms with Crippen molar-refractivity contribution in [2.45, 2.75) is 6.54 Å². The standard InChI is InChI=1S/C27H17Cl2F2N3O/c28-23-7-5-16(9-24(23)29)6-8-27(35)33-14-19-13-22-21-3-1-2-4-25(21)34(26(22)15-32-19)20-11-17(30)10-18(31)12-20/h1-13,15H,14H2,(H,33,35)/b8-6+. The minimum atomic E-state index is -0.660. The molecule has 0 saturated heterocycles. The highest BCUT2D eigenvalue weighted by Gasteiger charge is 2.14. The lowest BCUT2D eigenvalue weighted by Crippen LogP contribution is -2.20. The summed E-state index contributed by atoms with van der Waals surface area (Å²) in [7, 11) is 0. The van der Waals surface area contributed by atoms with Crippen molar-refractivity contribution in [2.75, 3.05) is 0 Å². The van der Waals surface area contributed by atoms with Gasteiger partial charge in [0.05, 0.1) is 45.2 Å². The first-order chi connectivity index (χ1) is 16.9. The number of aromatic nitrogens is 2. The summed E-state index contributed by atoms with van der Waals surface area (Å²) in [6.07, 6.45) is 4.69. The molecule has 0 fully saturated rings. The van der Waals surface area contributed by atoms with Gasteiger partial charge in [-0.2, -0.15) is 0 Å². The molecule has 1 N–H and O–H groups in total. The quantitative estimate of drug-likeness (QED) is 0.258. The first-order valence-electron chi connectivity index (χ1n) is 10.6. The molecule has 0 saturated carbocycles. The predicted octanol–water partition coefficient (Wildman–Crippen LogP) is 7.09. The van der Waals surface area contributed by atoms with Crippen molar-refractivity contribution in [2.24, 2.45) is 0 Å². The Morgan fingerprint density at radius 2 is 1.69 bits per heavy atom. The van der Waals surface area contributed by atoms with E-state index in [1.54, 1.807) is 35.0 Å². The van der Waals surface area contributed by atoms with Gasteiger partial charge in [-0.1, -0.05) is 47.5 Å². The zero-order valence-corrected chi connectivity index (χ0v) is 19.6. The number of benzene rings is 3. The SMILES string of the molecule is O=C(/C=C/c1ccc(Cl)c(Cl)c1)NCc1cc2c3ccccc3n(-c3cc(F)cc(F)c3)c2cn1. The Hall–Kier alpha value is -3.74. The smallest absolute Gasteiger partial charge is 0.244 e. The van der Waals surface area contributed by atoms with Gasteiger partial charge in [-0.3, -0.25) is 9.78 Å². The highest BCUT2D eigenvalue weighted by Crippen LogP contribution is 2.32. The maximum atomic E-state index is 13.9. The molecule has 0 bridgehead atoms. The number of carbonyl (C=O) groups excluding carboxylic acids is 1. The molecule has 0 aliphatic rings. The summed E-state index contributed by atoms with van der Waals surface area (Å²) in [5.74, 6) is -1.62. The van der Waals surface area contributed by atoms with E-state index in [1.807, 2.05) is 30.3 Å². The van der Waals surface area contributed by atoms with Gasteiger partial charge in [-0.05, 0) is 48.0 Å². The molecule has 1 amide bonds. The first kappa shape index (κ1) is 23.0. The lowest BCUT2D eigenvalue weighted by atomic mass is 10.1. The highest BCUT2D eigenvalue weighted by molar-refractivity contribution is 6.42. The molecular formula is C27H17Cl2F2N3O. The Balaban J connectivity index is 1.43. The molecule has 0 atom stereocenters. The first-order valence-corrected chi connectivity index (χ1v) is 11.4. The second-order valence-electron chi connectivity index (χ2n) is 7.90. The lowest BCUT2D eigenvalue weighted by Gasteiger charge is -2.08. The van der Waals surface area contributed by atoms with Gasteiger partial charge in [0.2, 0.25) is 5.91 Å². The molecule has 174 valence electrons. The Morgan fingerprint density at radius 1 is 0.914 bits per heavy atom. The molecule has 2 aromatic heterocycles. The number of pyridine rings is 1. The van der Waals surface area contributed by atoms with Gasteiger partial charge >= 0.3 is 0 Å². The van der Waals surface area contributed by atoms with Crippen molar-refractivity contribution < 1.29 is 13.6 Å². The third-order valence-corrected chi connectivity index (χ3v) is 6.27. The monoisotopic (exact) mass is 507 g/mol. The number of fused-ring (bicyclic) bond motifs is 3. The summed E-state index contributed by atoms with van der Waals surface area (Å²) in [5, 5.41) is 5.42. The highest BCUT2D eigenvalue weighted by atomic mass is 35.5. The molecule has 5 aromatic rings. The van der Waals surface area contributed by atoms with Crippen LogP contribution >= 0.6 is 23.2 Å². The number of hydrogen-bond donors (Lipinski definition) is 1. The van der Waals surface area contributed by atoms with E-state index in [1.165, 1.54) is 18.2 Å². The maximum absolute atomic E-state index is 13.9. The van der Waals surface area contributed by atoms with Crippen LogP contribution < -0.4 is 5.32 Å². The third-order valence-electron chi connectivity index (χ3n) is 5.54. The number of carbonyl (C=O) groups is 1. The summed E-state index contributed by atoms with van der Waals surface area (Å²) in [6.45, 7) is 0.203. The van der Waals surface area contributed by atoms with Crippen LogP contribution in [-0.4, -0.2) is 15.5 Å². The fourth-order valence-electron chi connectivity index (χ4n) is 3.98.